The number of methoxy groups -OCH3 is 1. The molecule has 31 heavy (non-hydrogen) atoms. The highest BCUT2D eigenvalue weighted by Crippen LogP contribution is 2.39. The highest BCUT2D eigenvalue weighted by atomic mass is 16.5. The normalized spacial score (nSPS) is 14.1. The number of aryl methyl sites for hydroxylation is 2. The Labute approximate surface area is 185 Å². The van der Waals surface area contributed by atoms with Gasteiger partial charge in [0.15, 0.2) is 0 Å². The quantitative estimate of drug-likeness (QED) is 0.616. The van der Waals surface area contributed by atoms with Crippen LogP contribution in [0, 0.1) is 0 Å². The Bertz CT molecular complexity index is 1030. The number of aliphatic imine (C=N–C) groups is 1. The van der Waals surface area contributed by atoms with E-state index in [4.69, 9.17) is 4.74 Å². The second-order valence-electron chi connectivity index (χ2n) is 8.15. The molecule has 166 valence electrons. The van der Waals surface area contributed by atoms with Crippen molar-refractivity contribution in [3.8, 4) is 17.0 Å². The van der Waals surface area contributed by atoms with Crippen molar-refractivity contribution in [1.29, 1.82) is 0 Å². The lowest BCUT2D eigenvalue weighted by molar-refractivity contribution is -0.124. The van der Waals surface area contributed by atoms with Gasteiger partial charge in [-0.1, -0.05) is 13.8 Å². The molecule has 0 atom stereocenters. The SMILES string of the molecule is CCC(CC)N(C)C(=O)/C(=N/C)C1=C(C)c2cc(-c3ccn(C)n3)c(OC)cc2CC1. The van der Waals surface area contributed by atoms with Gasteiger partial charge in [-0.15, -0.1) is 0 Å². The van der Waals surface area contributed by atoms with Crippen LogP contribution in [-0.2, 0) is 18.3 Å². The number of rotatable bonds is 7. The molecule has 1 heterocycles. The van der Waals surface area contributed by atoms with Gasteiger partial charge in [0, 0.05) is 38.9 Å². The van der Waals surface area contributed by atoms with Crippen molar-refractivity contribution in [2.24, 2.45) is 12.0 Å². The van der Waals surface area contributed by atoms with E-state index in [9.17, 15) is 4.79 Å². The minimum absolute atomic E-state index is 0.00691. The summed E-state index contributed by atoms with van der Waals surface area (Å²) >= 11 is 0. The summed E-state index contributed by atoms with van der Waals surface area (Å²) in [5, 5.41) is 4.56. The second-order valence-corrected chi connectivity index (χ2v) is 8.15. The van der Waals surface area contributed by atoms with Gasteiger partial charge < -0.3 is 9.64 Å². The summed E-state index contributed by atoms with van der Waals surface area (Å²) in [7, 11) is 7.21. The van der Waals surface area contributed by atoms with Gasteiger partial charge in [0.1, 0.15) is 11.5 Å². The molecule has 3 rings (SSSR count). The molecule has 0 saturated heterocycles. The van der Waals surface area contributed by atoms with E-state index in [-0.39, 0.29) is 11.9 Å². The van der Waals surface area contributed by atoms with Crippen LogP contribution in [0.3, 0.4) is 0 Å². The lowest BCUT2D eigenvalue weighted by Crippen LogP contribution is -2.41. The third-order valence-corrected chi connectivity index (χ3v) is 6.44. The van der Waals surface area contributed by atoms with Gasteiger partial charge in [-0.25, -0.2) is 0 Å². The van der Waals surface area contributed by atoms with E-state index in [1.54, 1.807) is 18.8 Å². The highest BCUT2D eigenvalue weighted by Gasteiger charge is 2.28. The molecule has 0 unspecified atom stereocenters. The zero-order valence-corrected chi connectivity index (χ0v) is 19.8. The maximum absolute atomic E-state index is 13.3. The molecular formula is C25H34N4O2. The standard InChI is InChI=1S/C25H34N4O2/c1-8-18(9-2)29(6)25(30)24(26-4)19-11-10-17-14-23(31-7)21(15-20(17)16(19)3)22-12-13-28(5)27-22/h12-15,18H,8-11H2,1-7H3/b26-24+. The van der Waals surface area contributed by atoms with Crippen LogP contribution in [-0.4, -0.2) is 53.5 Å². The molecule has 0 aliphatic heterocycles. The fourth-order valence-electron chi connectivity index (χ4n) is 4.54. The van der Waals surface area contributed by atoms with E-state index in [2.05, 4.69) is 43.0 Å². The predicted molar refractivity (Wildman–Crippen MR) is 127 cm³/mol. The monoisotopic (exact) mass is 422 g/mol. The highest BCUT2D eigenvalue weighted by molar-refractivity contribution is 6.46. The van der Waals surface area contributed by atoms with Crippen molar-refractivity contribution in [1.82, 2.24) is 14.7 Å². The first-order chi connectivity index (χ1) is 14.9. The largest absolute Gasteiger partial charge is 0.496 e. The van der Waals surface area contributed by atoms with Crippen LogP contribution in [0.15, 0.2) is 35.0 Å². The molecule has 0 spiro atoms. The van der Waals surface area contributed by atoms with Gasteiger partial charge in [-0.05, 0) is 73.1 Å². The number of ether oxygens (including phenoxy) is 1. The molecule has 2 aromatic rings. The lowest BCUT2D eigenvalue weighted by atomic mass is 9.82. The Morgan fingerprint density at radius 1 is 1.26 bits per heavy atom. The number of carbonyl (C=O) groups excluding carboxylic acids is 1. The smallest absolute Gasteiger partial charge is 0.272 e. The van der Waals surface area contributed by atoms with Gasteiger partial charge in [0.25, 0.3) is 5.91 Å². The van der Waals surface area contributed by atoms with E-state index >= 15 is 0 Å². The number of allylic oxidation sites excluding steroid dienone is 1. The summed E-state index contributed by atoms with van der Waals surface area (Å²) in [5.74, 6) is 0.829. The van der Waals surface area contributed by atoms with Crippen molar-refractivity contribution in [2.75, 3.05) is 21.2 Å². The van der Waals surface area contributed by atoms with Gasteiger partial charge >= 0.3 is 0 Å². The Hall–Kier alpha value is -2.89. The maximum atomic E-state index is 13.3. The average molecular weight is 423 g/mol. The third-order valence-electron chi connectivity index (χ3n) is 6.44. The molecule has 0 N–H and O–H groups in total. The van der Waals surface area contributed by atoms with Crippen molar-refractivity contribution >= 4 is 17.2 Å². The lowest BCUT2D eigenvalue weighted by Gasteiger charge is -2.29. The summed E-state index contributed by atoms with van der Waals surface area (Å²) in [4.78, 5) is 19.6. The van der Waals surface area contributed by atoms with Crippen LogP contribution in [0.5, 0.6) is 5.75 Å². The molecule has 0 radical (unpaired) electrons. The van der Waals surface area contributed by atoms with Gasteiger partial charge in [-0.3, -0.25) is 14.5 Å². The number of aromatic nitrogens is 2. The molecule has 1 amide bonds. The summed E-state index contributed by atoms with van der Waals surface area (Å²) in [6.07, 6.45) is 5.44. The molecule has 1 aliphatic rings. The predicted octanol–water partition coefficient (Wildman–Crippen LogP) is 4.53. The molecular weight excluding hydrogens is 388 g/mol. The Balaban J connectivity index is 2.07. The zero-order valence-electron chi connectivity index (χ0n) is 19.8. The number of fused-ring (bicyclic) bond motifs is 1. The van der Waals surface area contributed by atoms with Crippen LogP contribution < -0.4 is 4.74 Å². The fraction of sp³-hybridized carbons (Fsp3) is 0.480. The summed E-state index contributed by atoms with van der Waals surface area (Å²) in [6.45, 7) is 6.33. The number of hydrogen-bond acceptors (Lipinski definition) is 4. The van der Waals surface area contributed by atoms with E-state index in [0.29, 0.717) is 5.71 Å². The summed E-state index contributed by atoms with van der Waals surface area (Å²) < 4.78 is 7.46. The summed E-state index contributed by atoms with van der Waals surface area (Å²) in [6, 6.07) is 6.47. The molecule has 0 bridgehead atoms. The topological polar surface area (TPSA) is 59.7 Å². The van der Waals surface area contributed by atoms with Crippen LogP contribution in [0.1, 0.15) is 51.2 Å². The summed E-state index contributed by atoms with van der Waals surface area (Å²) in [5.41, 5.74) is 6.92. The molecule has 0 saturated carbocycles. The molecule has 1 aromatic heterocycles. The Morgan fingerprint density at radius 2 is 1.97 bits per heavy atom. The van der Waals surface area contributed by atoms with E-state index < -0.39 is 0 Å². The van der Waals surface area contributed by atoms with E-state index in [1.165, 1.54) is 5.56 Å². The Morgan fingerprint density at radius 3 is 2.52 bits per heavy atom. The van der Waals surface area contributed by atoms with Gasteiger partial charge in [0.05, 0.1) is 12.8 Å². The number of nitrogens with zero attached hydrogens (tertiary/aromatic N) is 4. The number of hydrogen-bond donors (Lipinski definition) is 0. The number of amides is 1. The van der Waals surface area contributed by atoms with Crippen molar-refractivity contribution in [2.45, 2.75) is 52.5 Å². The average Bonchev–Trinajstić information content (AvgIpc) is 3.21. The first kappa shape index (κ1) is 22.8. The Kier molecular flexibility index (Phi) is 6.98. The minimum Gasteiger partial charge on any atom is -0.496 e. The minimum atomic E-state index is 0.00691. The number of carbonyl (C=O) groups is 1. The van der Waals surface area contributed by atoms with Crippen LogP contribution in [0.2, 0.25) is 0 Å². The molecule has 6 heteroatoms. The fourth-order valence-corrected chi connectivity index (χ4v) is 4.54. The molecule has 1 aliphatic carbocycles. The molecule has 0 fully saturated rings. The van der Waals surface area contributed by atoms with Crippen LogP contribution in [0.25, 0.3) is 16.8 Å². The van der Waals surface area contributed by atoms with Crippen molar-refractivity contribution in [3.63, 3.8) is 0 Å². The third kappa shape index (κ3) is 4.29. The first-order valence-corrected chi connectivity index (χ1v) is 11.0. The molecule has 6 nitrogen and oxygen atoms in total. The molecule has 1 aromatic carbocycles. The first-order valence-electron chi connectivity index (χ1n) is 11.0. The number of benzene rings is 1. The zero-order chi connectivity index (χ0) is 22.7. The van der Waals surface area contributed by atoms with Crippen molar-refractivity contribution in [3.05, 3.63) is 41.1 Å². The second kappa shape index (κ2) is 9.50. The van der Waals surface area contributed by atoms with Crippen LogP contribution >= 0.6 is 0 Å². The van der Waals surface area contributed by atoms with E-state index in [0.717, 1.165) is 59.4 Å². The van der Waals surface area contributed by atoms with Gasteiger partial charge in [0.2, 0.25) is 0 Å². The van der Waals surface area contributed by atoms with Gasteiger partial charge in [-0.2, -0.15) is 5.10 Å². The van der Waals surface area contributed by atoms with E-state index in [1.807, 2.05) is 31.3 Å². The van der Waals surface area contributed by atoms with Crippen molar-refractivity contribution < 1.29 is 9.53 Å². The van der Waals surface area contributed by atoms with Crippen LogP contribution in [0.4, 0.5) is 0 Å². The maximum Gasteiger partial charge on any atom is 0.272 e.